The largest absolute Gasteiger partial charge is 0.389 e. The minimum atomic E-state index is -4.27. The lowest BCUT2D eigenvalue weighted by Gasteiger charge is -2.39. The molecule has 2 aliphatic carbocycles. The first-order valence-electron chi connectivity index (χ1n) is 17.6. The number of rotatable bonds is 4. The number of H-pyrrole nitrogens is 1. The van der Waals surface area contributed by atoms with Gasteiger partial charge in [-0.05, 0) is 109 Å². The Kier molecular flexibility index (Phi) is 9.97. The summed E-state index contributed by atoms with van der Waals surface area (Å²) >= 11 is 6.78. The second kappa shape index (κ2) is 14.6. The van der Waals surface area contributed by atoms with Crippen molar-refractivity contribution in [3.8, 4) is 0 Å². The van der Waals surface area contributed by atoms with Crippen LogP contribution in [0.5, 0.6) is 0 Å². The molecule has 7 nitrogen and oxygen atoms in total. The maximum absolute atomic E-state index is 13.7. The summed E-state index contributed by atoms with van der Waals surface area (Å²) in [7, 11) is 0. The van der Waals surface area contributed by atoms with E-state index >= 15 is 0 Å². The van der Waals surface area contributed by atoms with Gasteiger partial charge in [-0.15, -0.1) is 0 Å². The van der Waals surface area contributed by atoms with Crippen molar-refractivity contribution in [2.45, 2.75) is 70.5 Å². The number of amides is 1. The highest BCUT2D eigenvalue weighted by atomic mass is 35.5. The Labute approximate surface area is 299 Å². The lowest BCUT2D eigenvalue weighted by atomic mass is 9.67. The number of benzene rings is 2. The van der Waals surface area contributed by atoms with Gasteiger partial charge in [0.2, 0.25) is 5.91 Å². The highest BCUT2D eigenvalue weighted by Gasteiger charge is 2.40. The third kappa shape index (κ3) is 7.42. The number of piperidine rings is 1. The molecule has 0 saturated carbocycles. The van der Waals surface area contributed by atoms with Gasteiger partial charge in [0.05, 0.1) is 10.5 Å². The number of carbonyl (C=O) groups is 1. The summed E-state index contributed by atoms with van der Waals surface area (Å²) in [5, 5.41) is 5.65. The molecule has 4 aromatic rings. The minimum absolute atomic E-state index is 0.0242. The molecule has 0 radical (unpaired) electrons. The van der Waals surface area contributed by atoms with Gasteiger partial charge in [0.25, 0.3) is 0 Å². The van der Waals surface area contributed by atoms with Crippen molar-refractivity contribution < 1.29 is 18.0 Å². The summed E-state index contributed by atoms with van der Waals surface area (Å²) in [6, 6.07) is 11.7. The van der Waals surface area contributed by atoms with E-state index in [2.05, 4.69) is 15.3 Å². The number of hydrogen-bond acceptors (Lipinski definition) is 4. The summed E-state index contributed by atoms with van der Waals surface area (Å²) in [4.78, 5) is 35.2. The fraction of sp³-hybridized carbons (Fsp3) is 0.375. The van der Waals surface area contributed by atoms with Gasteiger partial charge in [-0.3, -0.25) is 14.3 Å². The molecule has 2 atom stereocenters. The van der Waals surface area contributed by atoms with Crippen LogP contribution in [0, 0.1) is 18.8 Å². The maximum Gasteiger partial charge on any atom is 0.389 e. The van der Waals surface area contributed by atoms with Crippen LogP contribution in [0.2, 0.25) is 5.02 Å². The number of nitrogens with zero attached hydrogens (tertiary/aromatic N) is 3. The van der Waals surface area contributed by atoms with Gasteiger partial charge >= 0.3 is 11.9 Å². The fourth-order valence-corrected chi connectivity index (χ4v) is 8.70. The van der Waals surface area contributed by atoms with Crippen molar-refractivity contribution in [1.29, 1.82) is 0 Å². The number of hydrogen-bond donors (Lipinski definition) is 2. The average Bonchev–Trinajstić information content (AvgIpc) is 3.24. The molecule has 2 aromatic carbocycles. The number of aromatic nitrogens is 3. The highest BCUT2D eigenvalue weighted by Crippen LogP contribution is 2.50. The number of halogens is 4. The predicted octanol–water partition coefficient (Wildman–Crippen LogP) is 8.95. The molecular weight excluding hydrogens is 675 g/mol. The summed E-state index contributed by atoms with van der Waals surface area (Å²) in [5.41, 5.74) is 6.29. The molecule has 51 heavy (non-hydrogen) atoms. The Morgan fingerprint density at radius 1 is 1.02 bits per heavy atom. The second-order valence-corrected chi connectivity index (χ2v) is 14.3. The average molecular weight is 716 g/mol. The van der Waals surface area contributed by atoms with E-state index in [9.17, 15) is 22.8 Å². The van der Waals surface area contributed by atoms with Crippen molar-refractivity contribution >= 4 is 45.0 Å². The number of carbonyl (C=O) groups excluding carboxylic acids is 1. The molecular formula is C40H41ClF3N5O2. The van der Waals surface area contributed by atoms with Gasteiger partial charge < -0.3 is 10.2 Å². The van der Waals surface area contributed by atoms with E-state index in [1.54, 1.807) is 16.8 Å². The van der Waals surface area contributed by atoms with E-state index < -0.39 is 18.5 Å². The first kappa shape index (κ1) is 34.9. The van der Waals surface area contributed by atoms with Crippen molar-refractivity contribution in [2.75, 3.05) is 13.1 Å². The summed E-state index contributed by atoms with van der Waals surface area (Å²) in [6.07, 6.45) is 11.8. The zero-order chi connectivity index (χ0) is 35.7. The molecule has 11 heteroatoms. The van der Waals surface area contributed by atoms with Gasteiger partial charge in [-0.2, -0.15) is 13.2 Å². The molecule has 2 aliphatic heterocycles. The number of pyridine rings is 1. The van der Waals surface area contributed by atoms with Crippen LogP contribution in [0.1, 0.15) is 67.7 Å². The summed E-state index contributed by atoms with van der Waals surface area (Å²) < 4.78 is 42.8. The molecule has 4 heterocycles. The van der Waals surface area contributed by atoms with Gasteiger partial charge in [0.1, 0.15) is 0 Å². The minimum Gasteiger partial charge on any atom is -0.368 e. The normalized spacial score (nSPS) is 20.5. The Morgan fingerprint density at radius 2 is 1.76 bits per heavy atom. The van der Waals surface area contributed by atoms with E-state index in [1.807, 2.05) is 78.9 Å². The zero-order valence-electron chi connectivity index (χ0n) is 28.5. The van der Waals surface area contributed by atoms with E-state index in [1.165, 1.54) is 0 Å². The van der Waals surface area contributed by atoms with Crippen LogP contribution in [0.4, 0.5) is 13.2 Å². The van der Waals surface area contributed by atoms with E-state index in [4.69, 9.17) is 11.6 Å². The Hall–Kier alpha value is -4.57. The van der Waals surface area contributed by atoms with Crippen LogP contribution < -0.4 is 11.0 Å². The van der Waals surface area contributed by atoms with Crippen molar-refractivity contribution in [2.24, 2.45) is 11.8 Å². The third-order valence-electron chi connectivity index (χ3n) is 10.7. The van der Waals surface area contributed by atoms with Crippen molar-refractivity contribution in [3.05, 3.63) is 117 Å². The topological polar surface area (TPSA) is 83.0 Å². The van der Waals surface area contributed by atoms with Crippen LogP contribution in [0.3, 0.4) is 0 Å². The second-order valence-electron chi connectivity index (χ2n) is 14.0. The lowest BCUT2D eigenvalue weighted by molar-refractivity contribution is -0.145. The first-order chi connectivity index (χ1) is 24.6. The van der Waals surface area contributed by atoms with Crippen LogP contribution in [-0.4, -0.2) is 44.6 Å². The van der Waals surface area contributed by atoms with E-state index in [0.717, 1.165) is 57.0 Å². The molecule has 2 N–H and O–H groups in total. The zero-order valence-corrected chi connectivity index (χ0v) is 29.2. The monoisotopic (exact) mass is 715 g/mol. The predicted molar refractivity (Wildman–Crippen MR) is 196 cm³/mol. The molecule has 0 spiro atoms. The van der Waals surface area contributed by atoms with Crippen molar-refractivity contribution in [1.82, 2.24) is 24.8 Å². The molecule has 1 saturated heterocycles. The summed E-state index contributed by atoms with van der Waals surface area (Å²) in [5.74, 6) is -0.825. The maximum atomic E-state index is 13.7. The van der Waals surface area contributed by atoms with Crippen LogP contribution in [0.15, 0.2) is 89.7 Å². The highest BCUT2D eigenvalue weighted by molar-refractivity contribution is 6.36. The molecule has 2 unspecified atom stereocenters. The molecule has 2 aromatic heterocycles. The van der Waals surface area contributed by atoms with Gasteiger partial charge in [0.15, 0.2) is 5.65 Å². The fourth-order valence-electron chi connectivity index (χ4n) is 8.41. The SMILES string of the molecule is C1=CC=CNC=C1.Cc1ccc2ccc3c(c2c1Cl)CCC1=C3CC(CC(F)(F)F)CC1CC(=O)N1CCC(n2c(=O)[nH]c3ncccc32)CC1. The third-order valence-corrected chi connectivity index (χ3v) is 11.2. The standard InChI is InChI=1S/C34H34ClF3N4O2.C6H7N/c1-19-4-5-21-6-7-25-26(30(21)31(19)35)9-8-24-22(15-20(16-27(24)25)18-34(36,37)38)17-29(43)41-13-10-23(11-14-41)42-28-3-2-12-39-32(28)40-33(42)44;1-2-4-6-7-5-3-1/h2-7,12,20,22-23H,8-11,13-18H2,1H3,(H,39,40,44);1-7H. The number of nitrogens with one attached hydrogen (secondary N) is 2. The smallest absolute Gasteiger partial charge is 0.368 e. The summed E-state index contributed by atoms with van der Waals surface area (Å²) in [6.45, 7) is 2.97. The molecule has 0 bridgehead atoms. The number of likely N-dealkylation sites (tertiary alicyclic amines) is 1. The molecule has 4 aliphatic rings. The molecule has 8 rings (SSSR count). The number of aromatic amines is 1. The van der Waals surface area contributed by atoms with Gasteiger partial charge in [-0.25, -0.2) is 9.78 Å². The van der Waals surface area contributed by atoms with Crippen molar-refractivity contribution in [3.63, 3.8) is 0 Å². The van der Waals surface area contributed by atoms with Gasteiger partial charge in [-0.1, -0.05) is 53.6 Å². The quantitative estimate of drug-likeness (QED) is 0.221. The van der Waals surface area contributed by atoms with E-state index in [0.29, 0.717) is 49.4 Å². The van der Waals surface area contributed by atoms with Crippen LogP contribution in [0.25, 0.3) is 27.5 Å². The van der Waals surface area contributed by atoms with E-state index in [-0.39, 0.29) is 30.0 Å². The lowest BCUT2D eigenvalue weighted by Crippen LogP contribution is -2.41. The van der Waals surface area contributed by atoms with Crippen LogP contribution >= 0.6 is 11.6 Å². The molecule has 1 fully saturated rings. The number of imidazole rings is 1. The molecule has 266 valence electrons. The molecule has 1 amide bonds. The number of fused-ring (bicyclic) bond motifs is 5. The Balaban J connectivity index is 0.000000520. The van der Waals surface area contributed by atoms with Gasteiger partial charge in [0, 0.05) is 56.0 Å². The van der Waals surface area contributed by atoms with Crippen LogP contribution in [-0.2, 0) is 11.2 Å². The number of allylic oxidation sites excluding steroid dienone is 6. The Bertz CT molecular complexity index is 2120. The Morgan fingerprint density at radius 3 is 2.51 bits per heavy atom. The number of aryl methyl sites for hydroxylation is 2. The first-order valence-corrected chi connectivity index (χ1v) is 18.0. The number of alkyl halides is 3.